The molecule has 1 amide bonds. The zero-order valence-corrected chi connectivity index (χ0v) is 15.5. The number of benzene rings is 2. The van der Waals surface area contributed by atoms with Crippen molar-refractivity contribution in [3.8, 4) is 11.5 Å². The second-order valence-corrected chi connectivity index (χ2v) is 6.03. The lowest BCUT2D eigenvalue weighted by atomic mass is 10.1. The van der Waals surface area contributed by atoms with Gasteiger partial charge in [0.05, 0.1) is 19.4 Å². The Morgan fingerprint density at radius 3 is 2.50 bits per heavy atom. The van der Waals surface area contributed by atoms with E-state index in [1.165, 1.54) is 0 Å². The molecular formula is C21H24N2O3. The van der Waals surface area contributed by atoms with E-state index < -0.39 is 0 Å². The van der Waals surface area contributed by atoms with Crippen molar-refractivity contribution in [3.05, 3.63) is 65.2 Å². The van der Waals surface area contributed by atoms with Crippen molar-refractivity contribution in [2.24, 2.45) is 5.10 Å². The van der Waals surface area contributed by atoms with Crippen LogP contribution in [0.2, 0.25) is 0 Å². The van der Waals surface area contributed by atoms with Crippen LogP contribution in [0.5, 0.6) is 11.5 Å². The molecule has 2 aromatic carbocycles. The van der Waals surface area contributed by atoms with E-state index in [0.29, 0.717) is 17.1 Å². The van der Waals surface area contributed by atoms with E-state index in [-0.39, 0.29) is 12.0 Å². The highest BCUT2D eigenvalue weighted by molar-refractivity contribution is 5.95. The molecule has 0 aromatic heterocycles. The zero-order chi connectivity index (χ0) is 18.9. The van der Waals surface area contributed by atoms with Crippen LogP contribution in [0.25, 0.3) is 6.08 Å². The summed E-state index contributed by atoms with van der Waals surface area (Å²) in [5.74, 6) is 0.794. The van der Waals surface area contributed by atoms with Gasteiger partial charge in [-0.1, -0.05) is 36.4 Å². The fourth-order valence-corrected chi connectivity index (χ4v) is 2.27. The summed E-state index contributed by atoms with van der Waals surface area (Å²) in [5, 5.41) is 4.01. The third kappa shape index (κ3) is 5.77. The molecule has 2 rings (SSSR count). The fourth-order valence-electron chi connectivity index (χ4n) is 2.27. The van der Waals surface area contributed by atoms with Crippen molar-refractivity contribution in [2.75, 3.05) is 7.11 Å². The molecule has 0 bridgehead atoms. The zero-order valence-electron chi connectivity index (χ0n) is 15.5. The van der Waals surface area contributed by atoms with Gasteiger partial charge in [-0.15, -0.1) is 0 Å². The lowest BCUT2D eigenvalue weighted by Crippen LogP contribution is -2.18. The Morgan fingerprint density at radius 2 is 1.85 bits per heavy atom. The molecule has 136 valence electrons. The van der Waals surface area contributed by atoms with Gasteiger partial charge < -0.3 is 9.47 Å². The van der Waals surface area contributed by atoms with E-state index >= 15 is 0 Å². The molecule has 5 heteroatoms. The Kier molecular flexibility index (Phi) is 6.97. The van der Waals surface area contributed by atoms with Crippen molar-refractivity contribution in [1.29, 1.82) is 0 Å². The van der Waals surface area contributed by atoms with Gasteiger partial charge >= 0.3 is 0 Å². The van der Waals surface area contributed by atoms with Gasteiger partial charge in [-0.2, -0.15) is 5.10 Å². The molecule has 0 fully saturated rings. The van der Waals surface area contributed by atoms with Gasteiger partial charge in [0, 0.05) is 5.56 Å². The monoisotopic (exact) mass is 352 g/mol. The molecule has 0 aliphatic rings. The highest BCUT2D eigenvalue weighted by atomic mass is 16.5. The van der Waals surface area contributed by atoms with E-state index in [9.17, 15) is 4.79 Å². The number of hydrazone groups is 1. The highest BCUT2D eigenvalue weighted by Gasteiger charge is 2.11. The molecule has 1 N–H and O–H groups in total. The van der Waals surface area contributed by atoms with Crippen LogP contribution in [0.15, 0.2) is 59.2 Å². The molecule has 26 heavy (non-hydrogen) atoms. The topological polar surface area (TPSA) is 59.9 Å². The van der Waals surface area contributed by atoms with Crippen LogP contribution in [0.3, 0.4) is 0 Å². The molecule has 0 spiro atoms. The molecule has 5 nitrogen and oxygen atoms in total. The molecule has 2 aromatic rings. The van der Waals surface area contributed by atoms with E-state index in [0.717, 1.165) is 11.1 Å². The maximum Gasteiger partial charge on any atom is 0.271 e. The van der Waals surface area contributed by atoms with E-state index in [1.807, 2.05) is 57.2 Å². The Hall–Kier alpha value is -3.08. The fraction of sp³-hybridized carbons (Fsp3) is 0.238. The van der Waals surface area contributed by atoms with Gasteiger partial charge in [0.15, 0.2) is 11.5 Å². The number of ether oxygens (including phenoxy) is 2. The van der Waals surface area contributed by atoms with Gasteiger partial charge in [-0.25, -0.2) is 5.43 Å². The third-order valence-electron chi connectivity index (χ3n) is 3.42. The number of hydrogen-bond donors (Lipinski definition) is 1. The number of carbonyl (C=O) groups excluding carboxylic acids is 1. The van der Waals surface area contributed by atoms with Gasteiger partial charge in [0.1, 0.15) is 0 Å². The van der Waals surface area contributed by atoms with Crippen LogP contribution in [0, 0.1) is 0 Å². The molecule has 0 saturated carbocycles. The van der Waals surface area contributed by atoms with Crippen LogP contribution < -0.4 is 14.9 Å². The number of amides is 1. The van der Waals surface area contributed by atoms with Crippen LogP contribution >= 0.6 is 0 Å². The van der Waals surface area contributed by atoms with Crippen LogP contribution in [-0.4, -0.2) is 25.3 Å². The minimum Gasteiger partial charge on any atom is -0.493 e. The van der Waals surface area contributed by atoms with Crippen molar-refractivity contribution >= 4 is 18.2 Å². The van der Waals surface area contributed by atoms with Crippen molar-refractivity contribution in [3.63, 3.8) is 0 Å². The lowest BCUT2D eigenvalue weighted by molar-refractivity contribution is 0.0954. The molecule has 0 aliphatic carbocycles. The number of nitrogens with zero attached hydrogens (tertiary/aromatic N) is 1. The molecular weight excluding hydrogens is 328 g/mol. The first kappa shape index (κ1) is 19.2. The Labute approximate surface area is 154 Å². The first-order valence-electron chi connectivity index (χ1n) is 8.41. The number of carbonyl (C=O) groups is 1. The second-order valence-electron chi connectivity index (χ2n) is 6.03. The minimum atomic E-state index is -0.317. The standard InChI is InChI=1S/C21H24N2O3/c1-15(2)26-19-11-10-18(13-20(19)25-4)21(24)23-22-14-16(3)12-17-8-6-5-7-9-17/h5-15H,1-4H3,(H,23,24)/b16-12+,22-14+. The Bertz CT molecular complexity index is 796. The van der Waals surface area contributed by atoms with Crippen molar-refractivity contribution in [1.82, 2.24) is 5.43 Å². The lowest BCUT2D eigenvalue weighted by Gasteiger charge is -2.14. The Morgan fingerprint density at radius 1 is 1.12 bits per heavy atom. The smallest absolute Gasteiger partial charge is 0.271 e. The van der Waals surface area contributed by atoms with Gasteiger partial charge in [0.2, 0.25) is 0 Å². The average Bonchev–Trinajstić information content (AvgIpc) is 2.62. The molecule has 0 unspecified atom stereocenters. The summed E-state index contributed by atoms with van der Waals surface area (Å²) in [5.41, 5.74) is 4.97. The summed E-state index contributed by atoms with van der Waals surface area (Å²) in [6.07, 6.45) is 3.61. The summed E-state index contributed by atoms with van der Waals surface area (Å²) < 4.78 is 10.9. The quantitative estimate of drug-likeness (QED) is 0.597. The summed E-state index contributed by atoms with van der Waals surface area (Å²) in [6.45, 7) is 5.78. The van der Waals surface area contributed by atoms with Crippen LogP contribution in [-0.2, 0) is 0 Å². The predicted molar refractivity (Wildman–Crippen MR) is 105 cm³/mol. The minimum absolute atomic E-state index is 0.0209. The summed E-state index contributed by atoms with van der Waals surface area (Å²) >= 11 is 0. The van der Waals surface area contributed by atoms with E-state index in [4.69, 9.17) is 9.47 Å². The normalized spacial score (nSPS) is 11.7. The number of hydrogen-bond acceptors (Lipinski definition) is 4. The third-order valence-corrected chi connectivity index (χ3v) is 3.42. The predicted octanol–water partition coefficient (Wildman–Crippen LogP) is 4.30. The van der Waals surface area contributed by atoms with Gasteiger partial charge in [-0.05, 0) is 50.1 Å². The first-order valence-corrected chi connectivity index (χ1v) is 8.41. The van der Waals surface area contributed by atoms with E-state index in [1.54, 1.807) is 31.5 Å². The van der Waals surface area contributed by atoms with Crippen molar-refractivity contribution in [2.45, 2.75) is 26.9 Å². The van der Waals surface area contributed by atoms with Gasteiger partial charge in [0.25, 0.3) is 5.91 Å². The number of nitrogens with one attached hydrogen (secondary N) is 1. The number of methoxy groups -OCH3 is 1. The molecule has 0 heterocycles. The van der Waals surface area contributed by atoms with Crippen molar-refractivity contribution < 1.29 is 14.3 Å². The Balaban J connectivity index is 2.02. The molecule has 0 atom stereocenters. The SMILES string of the molecule is COc1cc(C(=O)N/N=C/C(C)=C/c2ccccc2)ccc1OC(C)C. The average molecular weight is 352 g/mol. The van der Waals surface area contributed by atoms with E-state index in [2.05, 4.69) is 10.5 Å². The molecule has 0 radical (unpaired) electrons. The maximum absolute atomic E-state index is 12.2. The number of rotatable bonds is 7. The second kappa shape index (κ2) is 9.42. The highest BCUT2D eigenvalue weighted by Crippen LogP contribution is 2.28. The summed E-state index contributed by atoms with van der Waals surface area (Å²) in [6, 6.07) is 14.9. The summed E-state index contributed by atoms with van der Waals surface area (Å²) in [7, 11) is 1.54. The van der Waals surface area contributed by atoms with Crippen LogP contribution in [0.1, 0.15) is 36.7 Å². The largest absolute Gasteiger partial charge is 0.493 e. The molecule has 0 saturated heterocycles. The molecule has 0 aliphatic heterocycles. The number of allylic oxidation sites excluding steroid dienone is 1. The van der Waals surface area contributed by atoms with Crippen LogP contribution in [0.4, 0.5) is 0 Å². The maximum atomic E-state index is 12.2. The summed E-state index contributed by atoms with van der Waals surface area (Å²) in [4.78, 5) is 12.2. The first-order chi connectivity index (χ1) is 12.5. The van der Waals surface area contributed by atoms with Gasteiger partial charge in [-0.3, -0.25) is 4.79 Å².